The topological polar surface area (TPSA) is 87.2 Å². The lowest BCUT2D eigenvalue weighted by molar-refractivity contribution is 0.343. The summed E-state index contributed by atoms with van der Waals surface area (Å²) < 4.78 is 13.8. The van der Waals surface area contributed by atoms with E-state index in [0.717, 1.165) is 16.8 Å². The van der Waals surface area contributed by atoms with Crippen molar-refractivity contribution in [3.63, 3.8) is 0 Å². The van der Waals surface area contributed by atoms with Crippen molar-refractivity contribution in [3.8, 4) is 34.6 Å². The van der Waals surface area contributed by atoms with Gasteiger partial charge in [0.1, 0.15) is 0 Å². The summed E-state index contributed by atoms with van der Waals surface area (Å²) in [6, 6.07) is 5.57. The molecule has 0 aliphatic carbocycles. The minimum atomic E-state index is 0.116. The van der Waals surface area contributed by atoms with Gasteiger partial charge in [0.2, 0.25) is 5.88 Å². The van der Waals surface area contributed by atoms with E-state index in [1.165, 1.54) is 0 Å². The minimum Gasteiger partial charge on any atom is -0.494 e. The van der Waals surface area contributed by atoms with Crippen LogP contribution in [0.2, 0.25) is 0 Å². The number of rotatable bonds is 4. The van der Waals surface area contributed by atoms with Crippen LogP contribution in [0.15, 0.2) is 36.8 Å². The van der Waals surface area contributed by atoms with Gasteiger partial charge in [0.25, 0.3) is 5.88 Å². The van der Waals surface area contributed by atoms with E-state index in [1.54, 1.807) is 35.9 Å². The molecule has 0 aromatic carbocycles. The SMILES string of the molecule is COc1cc(-c2cc(C)c3c(O)n(-c4ccn(C)n4)cc3n2)cnc1OC. The van der Waals surface area contributed by atoms with E-state index in [9.17, 15) is 5.11 Å². The van der Waals surface area contributed by atoms with Gasteiger partial charge >= 0.3 is 0 Å². The molecular formula is C19H19N5O3. The first kappa shape index (κ1) is 16.9. The van der Waals surface area contributed by atoms with Crippen LogP contribution in [0.1, 0.15) is 5.56 Å². The average molecular weight is 365 g/mol. The molecule has 0 radical (unpaired) electrons. The van der Waals surface area contributed by atoms with E-state index in [1.807, 2.05) is 38.4 Å². The fourth-order valence-corrected chi connectivity index (χ4v) is 3.11. The van der Waals surface area contributed by atoms with Crippen molar-refractivity contribution in [2.24, 2.45) is 7.05 Å². The maximum atomic E-state index is 10.7. The lowest BCUT2D eigenvalue weighted by Gasteiger charge is -2.09. The number of pyridine rings is 2. The average Bonchev–Trinajstić information content (AvgIpc) is 3.24. The zero-order valence-electron chi connectivity index (χ0n) is 15.5. The summed E-state index contributed by atoms with van der Waals surface area (Å²) in [6.07, 6.45) is 5.28. The number of hydrogen-bond acceptors (Lipinski definition) is 6. The predicted molar refractivity (Wildman–Crippen MR) is 101 cm³/mol. The van der Waals surface area contributed by atoms with Gasteiger partial charge in [-0.05, 0) is 24.6 Å². The zero-order chi connectivity index (χ0) is 19.1. The van der Waals surface area contributed by atoms with E-state index in [4.69, 9.17) is 14.5 Å². The summed E-state index contributed by atoms with van der Waals surface area (Å²) in [5.41, 5.74) is 3.09. The molecule has 8 heteroatoms. The standard InChI is InChI=1S/C19H19N5O3/c1-11-7-13(12-8-15(26-3)18(27-4)20-9-12)21-14-10-24(19(25)17(11)14)16-5-6-23(2)22-16/h5-10,25H,1-4H3. The van der Waals surface area contributed by atoms with Gasteiger partial charge in [-0.1, -0.05) is 0 Å². The molecule has 0 atom stereocenters. The highest BCUT2D eigenvalue weighted by Gasteiger charge is 2.17. The van der Waals surface area contributed by atoms with Crippen LogP contribution in [0.25, 0.3) is 28.0 Å². The Balaban J connectivity index is 1.87. The number of hydrogen-bond donors (Lipinski definition) is 1. The van der Waals surface area contributed by atoms with E-state index in [2.05, 4.69) is 10.1 Å². The van der Waals surface area contributed by atoms with Crippen molar-refractivity contribution in [2.75, 3.05) is 14.2 Å². The van der Waals surface area contributed by atoms with Crippen molar-refractivity contribution in [1.82, 2.24) is 24.3 Å². The van der Waals surface area contributed by atoms with Crippen molar-refractivity contribution in [3.05, 3.63) is 42.4 Å². The van der Waals surface area contributed by atoms with Gasteiger partial charge in [-0.15, -0.1) is 0 Å². The van der Waals surface area contributed by atoms with Crippen molar-refractivity contribution < 1.29 is 14.6 Å². The molecule has 138 valence electrons. The Morgan fingerprint density at radius 3 is 2.63 bits per heavy atom. The molecule has 0 aliphatic heterocycles. The monoisotopic (exact) mass is 365 g/mol. The summed E-state index contributed by atoms with van der Waals surface area (Å²) in [5, 5.41) is 15.7. The second-order valence-corrected chi connectivity index (χ2v) is 6.19. The second-order valence-electron chi connectivity index (χ2n) is 6.19. The first-order valence-corrected chi connectivity index (χ1v) is 8.32. The van der Waals surface area contributed by atoms with Gasteiger partial charge in [-0.2, -0.15) is 5.10 Å². The summed E-state index contributed by atoms with van der Waals surface area (Å²) >= 11 is 0. The van der Waals surface area contributed by atoms with Gasteiger partial charge in [0, 0.05) is 37.3 Å². The van der Waals surface area contributed by atoms with Crippen molar-refractivity contribution in [1.29, 1.82) is 0 Å². The van der Waals surface area contributed by atoms with Crippen LogP contribution < -0.4 is 9.47 Å². The van der Waals surface area contributed by atoms with E-state index >= 15 is 0 Å². The van der Waals surface area contributed by atoms with Crippen molar-refractivity contribution in [2.45, 2.75) is 6.92 Å². The summed E-state index contributed by atoms with van der Waals surface area (Å²) in [4.78, 5) is 8.97. The fraction of sp³-hybridized carbons (Fsp3) is 0.211. The quantitative estimate of drug-likeness (QED) is 0.598. The summed E-state index contributed by atoms with van der Waals surface area (Å²) in [7, 11) is 4.94. The van der Waals surface area contributed by atoms with Crippen LogP contribution >= 0.6 is 0 Å². The van der Waals surface area contributed by atoms with Gasteiger partial charge in [-0.25, -0.2) is 9.97 Å². The molecule has 27 heavy (non-hydrogen) atoms. The highest BCUT2D eigenvalue weighted by atomic mass is 16.5. The Kier molecular flexibility index (Phi) is 3.95. The van der Waals surface area contributed by atoms with Crippen LogP contribution in [0, 0.1) is 6.92 Å². The molecule has 1 N–H and O–H groups in total. The summed E-state index contributed by atoms with van der Waals surface area (Å²) in [5.74, 6) is 1.69. The van der Waals surface area contributed by atoms with E-state index in [0.29, 0.717) is 28.4 Å². The van der Waals surface area contributed by atoms with Crippen LogP contribution in [0.5, 0.6) is 17.5 Å². The molecule has 0 fully saturated rings. The van der Waals surface area contributed by atoms with Gasteiger partial charge in [0.05, 0.1) is 30.8 Å². The molecule has 0 saturated heterocycles. The van der Waals surface area contributed by atoms with E-state index < -0.39 is 0 Å². The number of fused-ring (bicyclic) bond motifs is 1. The molecule has 8 nitrogen and oxygen atoms in total. The minimum absolute atomic E-state index is 0.116. The molecule has 0 amide bonds. The predicted octanol–water partition coefficient (Wildman–Crippen LogP) is 2.85. The lowest BCUT2D eigenvalue weighted by Crippen LogP contribution is -1.95. The molecule has 4 aromatic heterocycles. The number of aromatic hydroxyl groups is 1. The maximum absolute atomic E-state index is 10.7. The third-order valence-corrected chi connectivity index (χ3v) is 4.42. The fourth-order valence-electron chi connectivity index (χ4n) is 3.11. The Labute approximate surface area is 155 Å². The van der Waals surface area contributed by atoms with Crippen LogP contribution in [-0.4, -0.2) is 43.6 Å². The zero-order valence-corrected chi connectivity index (χ0v) is 15.5. The third kappa shape index (κ3) is 2.75. The molecule has 4 rings (SSSR count). The molecule has 0 spiro atoms. The molecule has 0 bridgehead atoms. The lowest BCUT2D eigenvalue weighted by atomic mass is 10.1. The third-order valence-electron chi connectivity index (χ3n) is 4.42. The van der Waals surface area contributed by atoms with Gasteiger partial charge in [0.15, 0.2) is 11.6 Å². The number of nitrogens with zero attached hydrogens (tertiary/aromatic N) is 5. The smallest absolute Gasteiger partial charge is 0.256 e. The van der Waals surface area contributed by atoms with Crippen LogP contribution in [0.3, 0.4) is 0 Å². The molecule has 0 aliphatic rings. The van der Waals surface area contributed by atoms with Crippen LogP contribution in [0.4, 0.5) is 0 Å². The molecular weight excluding hydrogens is 346 g/mol. The Morgan fingerprint density at radius 1 is 1.15 bits per heavy atom. The molecule has 0 saturated carbocycles. The van der Waals surface area contributed by atoms with Gasteiger partial charge < -0.3 is 14.6 Å². The highest BCUT2D eigenvalue weighted by Crippen LogP contribution is 2.35. The number of ether oxygens (including phenoxy) is 2. The number of aromatic nitrogens is 5. The first-order valence-electron chi connectivity index (χ1n) is 8.32. The Bertz CT molecular complexity index is 1150. The van der Waals surface area contributed by atoms with Crippen LogP contribution in [-0.2, 0) is 7.05 Å². The van der Waals surface area contributed by atoms with Gasteiger partial charge in [-0.3, -0.25) is 9.25 Å². The molecule has 4 heterocycles. The highest BCUT2D eigenvalue weighted by molar-refractivity contribution is 5.90. The maximum Gasteiger partial charge on any atom is 0.256 e. The van der Waals surface area contributed by atoms with Crippen molar-refractivity contribution >= 4 is 10.9 Å². The second kappa shape index (κ2) is 6.31. The first-order chi connectivity index (χ1) is 13.0. The Hall–Kier alpha value is -3.55. The Morgan fingerprint density at radius 2 is 1.96 bits per heavy atom. The largest absolute Gasteiger partial charge is 0.494 e. The molecule has 4 aromatic rings. The normalized spacial score (nSPS) is 11.1. The summed E-state index contributed by atoms with van der Waals surface area (Å²) in [6.45, 7) is 1.93. The van der Waals surface area contributed by atoms with E-state index in [-0.39, 0.29) is 5.88 Å². The molecule has 0 unspecified atom stereocenters. The number of methoxy groups -OCH3 is 2. The number of aryl methyl sites for hydroxylation is 2.